The van der Waals surface area contributed by atoms with E-state index in [1.165, 1.54) is 5.69 Å². The summed E-state index contributed by atoms with van der Waals surface area (Å²) in [6.07, 6.45) is 0. The van der Waals surface area contributed by atoms with Gasteiger partial charge in [0, 0.05) is 49.7 Å². The molecule has 1 saturated heterocycles. The number of benzene rings is 2. The molecule has 4 rings (SSSR count). The molecule has 2 heterocycles. The first-order chi connectivity index (χ1) is 14.5. The monoisotopic (exact) mass is 403 g/mol. The summed E-state index contributed by atoms with van der Waals surface area (Å²) >= 11 is 0. The number of carbonyl (C=O) groups excluding carboxylic acids is 1. The van der Waals surface area contributed by atoms with E-state index in [1.54, 1.807) is 0 Å². The molecule has 1 amide bonds. The second kappa shape index (κ2) is 8.71. The molecule has 6 heteroatoms. The molecule has 0 radical (unpaired) electrons. The number of hydrogen-bond acceptors (Lipinski definition) is 4. The lowest BCUT2D eigenvalue weighted by atomic mass is 10.1. The van der Waals surface area contributed by atoms with E-state index in [1.807, 2.05) is 54.9 Å². The fraction of sp³-hybridized carbons (Fsp3) is 0.333. The number of amides is 1. The summed E-state index contributed by atoms with van der Waals surface area (Å²) in [7, 11) is 2.16. The molecule has 6 nitrogen and oxygen atoms in total. The maximum absolute atomic E-state index is 12.7. The van der Waals surface area contributed by atoms with Crippen LogP contribution < -0.4 is 10.2 Å². The van der Waals surface area contributed by atoms with E-state index in [0.717, 1.165) is 48.8 Å². The van der Waals surface area contributed by atoms with Crippen molar-refractivity contribution >= 4 is 11.6 Å². The Hall–Kier alpha value is -3.12. The van der Waals surface area contributed by atoms with Crippen molar-refractivity contribution in [2.24, 2.45) is 0 Å². The third kappa shape index (κ3) is 4.39. The Morgan fingerprint density at radius 2 is 1.70 bits per heavy atom. The van der Waals surface area contributed by atoms with E-state index >= 15 is 0 Å². The molecule has 156 valence electrons. The Labute approximate surface area is 178 Å². The molecule has 1 fully saturated rings. The van der Waals surface area contributed by atoms with E-state index in [4.69, 9.17) is 0 Å². The van der Waals surface area contributed by atoms with Gasteiger partial charge in [-0.1, -0.05) is 18.2 Å². The van der Waals surface area contributed by atoms with Gasteiger partial charge in [0.1, 0.15) is 0 Å². The third-order valence-corrected chi connectivity index (χ3v) is 5.66. The van der Waals surface area contributed by atoms with Gasteiger partial charge in [-0.3, -0.25) is 4.79 Å². The van der Waals surface area contributed by atoms with Gasteiger partial charge in [0.15, 0.2) is 0 Å². The van der Waals surface area contributed by atoms with Crippen molar-refractivity contribution in [1.29, 1.82) is 0 Å². The van der Waals surface area contributed by atoms with E-state index < -0.39 is 0 Å². The summed E-state index contributed by atoms with van der Waals surface area (Å²) in [5.41, 5.74) is 6.02. The van der Waals surface area contributed by atoms with Crippen molar-refractivity contribution in [2.45, 2.75) is 20.4 Å². The molecule has 0 atom stereocenters. The van der Waals surface area contributed by atoms with Gasteiger partial charge in [-0.05, 0) is 62.9 Å². The molecule has 2 aromatic carbocycles. The lowest BCUT2D eigenvalue weighted by Gasteiger charge is -2.35. The molecule has 1 aliphatic rings. The molecule has 1 aromatic heterocycles. The van der Waals surface area contributed by atoms with Crippen molar-refractivity contribution in [3.63, 3.8) is 0 Å². The quantitative estimate of drug-likeness (QED) is 0.711. The number of para-hydroxylation sites is 1. The Kier molecular flexibility index (Phi) is 5.86. The van der Waals surface area contributed by atoms with Crippen LogP contribution in [0.15, 0.2) is 54.6 Å². The van der Waals surface area contributed by atoms with Gasteiger partial charge in [0.2, 0.25) is 0 Å². The number of anilines is 1. The highest BCUT2D eigenvalue weighted by Gasteiger charge is 2.17. The van der Waals surface area contributed by atoms with Crippen LogP contribution in [0.3, 0.4) is 0 Å². The van der Waals surface area contributed by atoms with Crippen LogP contribution >= 0.6 is 0 Å². The predicted molar refractivity (Wildman–Crippen MR) is 120 cm³/mol. The molecule has 0 bridgehead atoms. The summed E-state index contributed by atoms with van der Waals surface area (Å²) in [4.78, 5) is 17.5. The van der Waals surface area contributed by atoms with E-state index in [2.05, 4.69) is 45.5 Å². The van der Waals surface area contributed by atoms with Crippen LogP contribution in [-0.4, -0.2) is 53.8 Å². The molecular formula is C24H29N5O. The number of hydrogen-bond donors (Lipinski definition) is 1. The number of nitrogens with zero attached hydrogens (tertiary/aromatic N) is 4. The van der Waals surface area contributed by atoms with Crippen molar-refractivity contribution in [3.05, 3.63) is 77.1 Å². The first kappa shape index (κ1) is 20.2. The summed E-state index contributed by atoms with van der Waals surface area (Å²) < 4.78 is 1.89. The van der Waals surface area contributed by atoms with Crippen LogP contribution in [0.1, 0.15) is 27.3 Å². The molecule has 1 N–H and O–H groups in total. The maximum atomic E-state index is 12.7. The first-order valence-electron chi connectivity index (χ1n) is 10.4. The van der Waals surface area contributed by atoms with Crippen LogP contribution in [0.5, 0.6) is 0 Å². The highest BCUT2D eigenvalue weighted by Crippen LogP contribution is 2.22. The van der Waals surface area contributed by atoms with Gasteiger partial charge in [-0.2, -0.15) is 5.10 Å². The highest BCUT2D eigenvalue weighted by molar-refractivity contribution is 5.94. The maximum Gasteiger partial charge on any atom is 0.251 e. The average Bonchev–Trinajstić information content (AvgIpc) is 3.11. The Morgan fingerprint density at radius 1 is 1.00 bits per heavy atom. The van der Waals surface area contributed by atoms with Crippen LogP contribution in [0.2, 0.25) is 0 Å². The van der Waals surface area contributed by atoms with Gasteiger partial charge in [-0.15, -0.1) is 0 Å². The lowest BCUT2D eigenvalue weighted by Crippen LogP contribution is -2.45. The minimum Gasteiger partial charge on any atom is -0.369 e. The van der Waals surface area contributed by atoms with Crippen LogP contribution in [0.25, 0.3) is 5.69 Å². The number of likely N-dealkylation sites (N-methyl/N-ethyl adjacent to an activating group) is 1. The van der Waals surface area contributed by atoms with Crippen molar-refractivity contribution in [2.75, 3.05) is 38.1 Å². The van der Waals surface area contributed by atoms with Gasteiger partial charge in [0.25, 0.3) is 5.91 Å². The van der Waals surface area contributed by atoms with E-state index in [9.17, 15) is 4.79 Å². The lowest BCUT2D eigenvalue weighted by molar-refractivity contribution is 0.0951. The fourth-order valence-electron chi connectivity index (χ4n) is 3.94. The minimum atomic E-state index is -0.0666. The van der Waals surface area contributed by atoms with Crippen molar-refractivity contribution in [3.8, 4) is 5.69 Å². The minimum absolute atomic E-state index is 0.0666. The fourth-order valence-corrected chi connectivity index (χ4v) is 3.94. The summed E-state index contributed by atoms with van der Waals surface area (Å²) in [5.74, 6) is -0.0666. The average molecular weight is 404 g/mol. The Morgan fingerprint density at radius 3 is 2.37 bits per heavy atom. The van der Waals surface area contributed by atoms with Gasteiger partial charge in [0.05, 0.1) is 11.4 Å². The van der Waals surface area contributed by atoms with Crippen LogP contribution in [0.4, 0.5) is 5.69 Å². The highest BCUT2D eigenvalue weighted by atomic mass is 16.1. The second-order valence-electron chi connectivity index (χ2n) is 7.99. The predicted octanol–water partition coefficient (Wildman–Crippen LogP) is 3.17. The molecule has 3 aromatic rings. The summed E-state index contributed by atoms with van der Waals surface area (Å²) in [6, 6.07) is 18.0. The second-order valence-corrected chi connectivity index (χ2v) is 7.99. The van der Waals surface area contributed by atoms with Crippen molar-refractivity contribution in [1.82, 2.24) is 20.0 Å². The van der Waals surface area contributed by atoms with E-state index in [0.29, 0.717) is 12.1 Å². The van der Waals surface area contributed by atoms with Crippen LogP contribution in [0, 0.1) is 13.8 Å². The summed E-state index contributed by atoms with van der Waals surface area (Å²) in [5, 5.41) is 7.58. The van der Waals surface area contributed by atoms with Gasteiger partial charge >= 0.3 is 0 Å². The zero-order chi connectivity index (χ0) is 21.1. The molecule has 30 heavy (non-hydrogen) atoms. The largest absolute Gasteiger partial charge is 0.369 e. The van der Waals surface area contributed by atoms with Crippen molar-refractivity contribution < 1.29 is 4.79 Å². The smallest absolute Gasteiger partial charge is 0.251 e. The standard InChI is InChI=1S/C24H29N5O/c1-18-16-19(2)29(26-18)22-10-8-20(9-11-22)24(30)25-17-21-6-4-5-7-23(21)28-14-12-27(3)13-15-28/h4-11,16H,12-15,17H2,1-3H3,(H,25,30). The first-order valence-corrected chi connectivity index (χ1v) is 10.4. The molecule has 1 aliphatic heterocycles. The third-order valence-electron chi connectivity index (χ3n) is 5.66. The SMILES string of the molecule is Cc1cc(C)n(-c2ccc(C(=O)NCc3ccccc3N3CCN(C)CC3)cc2)n1. The Balaban J connectivity index is 1.42. The molecule has 0 saturated carbocycles. The number of aryl methyl sites for hydroxylation is 2. The van der Waals surface area contributed by atoms with Gasteiger partial charge < -0.3 is 15.1 Å². The Bertz CT molecular complexity index is 1020. The molecule has 0 spiro atoms. The zero-order valence-electron chi connectivity index (χ0n) is 17.9. The number of rotatable bonds is 5. The summed E-state index contributed by atoms with van der Waals surface area (Å²) in [6.45, 7) is 8.65. The number of nitrogens with one attached hydrogen (secondary N) is 1. The van der Waals surface area contributed by atoms with E-state index in [-0.39, 0.29) is 5.91 Å². The van der Waals surface area contributed by atoms with Gasteiger partial charge in [-0.25, -0.2) is 4.68 Å². The number of piperazine rings is 1. The molecule has 0 aliphatic carbocycles. The topological polar surface area (TPSA) is 53.4 Å². The number of carbonyl (C=O) groups is 1. The number of aromatic nitrogens is 2. The normalized spacial score (nSPS) is 14.7. The van der Waals surface area contributed by atoms with Crippen LogP contribution in [-0.2, 0) is 6.54 Å². The molecule has 0 unspecified atom stereocenters. The molecular weight excluding hydrogens is 374 g/mol. The zero-order valence-corrected chi connectivity index (χ0v) is 17.9.